The lowest BCUT2D eigenvalue weighted by Crippen LogP contribution is -1.96. The standard InChI is InChI=1S/C8H14N3S/c1-5-6(9-2)7(10-3)8(11-4)12-5/h9-11H,1H2,2-4H3. The lowest BCUT2D eigenvalue weighted by atomic mass is 10.3. The molecule has 12 heavy (non-hydrogen) atoms. The van der Waals surface area contributed by atoms with Gasteiger partial charge in [0.25, 0.3) is 0 Å². The third-order valence-corrected chi connectivity index (χ3v) is 2.77. The lowest BCUT2D eigenvalue weighted by molar-refractivity contribution is 1.46. The second-order valence-electron chi connectivity index (χ2n) is 2.35. The van der Waals surface area contributed by atoms with Gasteiger partial charge in [-0.2, -0.15) is 0 Å². The van der Waals surface area contributed by atoms with E-state index in [0.717, 1.165) is 21.3 Å². The fourth-order valence-electron chi connectivity index (χ4n) is 1.16. The van der Waals surface area contributed by atoms with Crippen LogP contribution in [0.4, 0.5) is 16.4 Å². The van der Waals surface area contributed by atoms with E-state index in [4.69, 9.17) is 0 Å². The first-order chi connectivity index (χ1) is 5.74. The molecule has 0 saturated carbocycles. The molecule has 3 N–H and O–H groups in total. The van der Waals surface area contributed by atoms with Crippen LogP contribution >= 0.6 is 11.3 Å². The smallest absolute Gasteiger partial charge is 0.114 e. The fourth-order valence-corrected chi connectivity index (χ4v) is 2.12. The topological polar surface area (TPSA) is 36.1 Å². The molecule has 1 heterocycles. The molecule has 0 bridgehead atoms. The summed E-state index contributed by atoms with van der Waals surface area (Å²) in [5.74, 6) is 0. The summed E-state index contributed by atoms with van der Waals surface area (Å²) in [6, 6.07) is 0. The summed E-state index contributed by atoms with van der Waals surface area (Å²) in [5, 5.41) is 10.5. The second kappa shape index (κ2) is 3.67. The Kier molecular flexibility index (Phi) is 2.81. The van der Waals surface area contributed by atoms with Crippen molar-refractivity contribution in [1.82, 2.24) is 0 Å². The van der Waals surface area contributed by atoms with Crippen LogP contribution in [0.5, 0.6) is 0 Å². The zero-order chi connectivity index (χ0) is 9.14. The molecule has 0 amide bonds. The Morgan fingerprint density at radius 3 is 2.00 bits per heavy atom. The van der Waals surface area contributed by atoms with Crippen molar-refractivity contribution in [1.29, 1.82) is 0 Å². The van der Waals surface area contributed by atoms with Gasteiger partial charge in [-0.25, -0.2) is 0 Å². The Morgan fingerprint density at radius 1 is 1.00 bits per heavy atom. The van der Waals surface area contributed by atoms with E-state index >= 15 is 0 Å². The summed E-state index contributed by atoms with van der Waals surface area (Å²) >= 11 is 1.64. The van der Waals surface area contributed by atoms with Gasteiger partial charge in [-0.1, -0.05) is 0 Å². The predicted molar refractivity (Wildman–Crippen MR) is 57.4 cm³/mol. The monoisotopic (exact) mass is 184 g/mol. The molecule has 1 aromatic rings. The highest BCUT2D eigenvalue weighted by atomic mass is 32.1. The van der Waals surface area contributed by atoms with Gasteiger partial charge in [-0.15, -0.1) is 11.3 Å². The van der Waals surface area contributed by atoms with Crippen LogP contribution in [0.15, 0.2) is 0 Å². The molecular weight excluding hydrogens is 170 g/mol. The minimum atomic E-state index is 1.05. The first kappa shape index (κ1) is 9.19. The molecule has 0 unspecified atom stereocenters. The quantitative estimate of drug-likeness (QED) is 0.673. The third kappa shape index (κ3) is 1.34. The van der Waals surface area contributed by atoms with E-state index < -0.39 is 0 Å². The Labute approximate surface area is 77.2 Å². The zero-order valence-electron chi connectivity index (χ0n) is 7.62. The van der Waals surface area contributed by atoms with Crippen LogP contribution in [0.2, 0.25) is 0 Å². The number of anilines is 3. The predicted octanol–water partition coefficient (Wildman–Crippen LogP) is 2.06. The molecule has 1 rings (SSSR count). The number of hydrogen-bond acceptors (Lipinski definition) is 4. The van der Waals surface area contributed by atoms with Crippen molar-refractivity contribution in [3.63, 3.8) is 0 Å². The Morgan fingerprint density at radius 2 is 1.58 bits per heavy atom. The van der Waals surface area contributed by atoms with Gasteiger partial charge in [0.15, 0.2) is 0 Å². The molecule has 0 saturated heterocycles. The van der Waals surface area contributed by atoms with Crippen molar-refractivity contribution in [3.05, 3.63) is 11.8 Å². The highest BCUT2D eigenvalue weighted by Gasteiger charge is 2.11. The van der Waals surface area contributed by atoms with Crippen molar-refractivity contribution in [3.8, 4) is 0 Å². The van der Waals surface area contributed by atoms with Gasteiger partial charge in [0.05, 0.1) is 11.4 Å². The SMILES string of the molecule is [CH2]c1sc(NC)c(NC)c1NC. The zero-order valence-corrected chi connectivity index (χ0v) is 8.43. The van der Waals surface area contributed by atoms with Gasteiger partial charge >= 0.3 is 0 Å². The van der Waals surface area contributed by atoms with E-state index in [0.29, 0.717) is 0 Å². The fraction of sp³-hybridized carbons (Fsp3) is 0.375. The summed E-state index contributed by atoms with van der Waals surface area (Å²) in [7, 11) is 5.71. The summed E-state index contributed by atoms with van der Waals surface area (Å²) in [4.78, 5) is 1.05. The van der Waals surface area contributed by atoms with Crippen LogP contribution in [0, 0.1) is 6.92 Å². The first-order valence-corrected chi connectivity index (χ1v) is 4.58. The van der Waals surface area contributed by atoms with Crippen molar-refractivity contribution >= 4 is 27.7 Å². The maximum Gasteiger partial charge on any atom is 0.114 e. The summed E-state index contributed by atoms with van der Waals surface area (Å²) < 4.78 is 0. The molecule has 0 aliphatic heterocycles. The molecule has 0 aliphatic carbocycles. The Balaban J connectivity index is 3.16. The van der Waals surface area contributed by atoms with Crippen molar-refractivity contribution in [2.24, 2.45) is 0 Å². The number of hydrogen-bond donors (Lipinski definition) is 3. The number of nitrogens with one attached hydrogen (secondary N) is 3. The van der Waals surface area contributed by atoms with Crippen LogP contribution in [0.1, 0.15) is 4.88 Å². The first-order valence-electron chi connectivity index (χ1n) is 3.76. The number of rotatable bonds is 3. The van der Waals surface area contributed by atoms with E-state index in [9.17, 15) is 0 Å². The Hall–Kier alpha value is -0.900. The van der Waals surface area contributed by atoms with Crippen molar-refractivity contribution in [2.75, 3.05) is 37.1 Å². The summed E-state index contributed by atoms with van der Waals surface area (Å²) in [6.45, 7) is 3.94. The van der Waals surface area contributed by atoms with Gasteiger partial charge in [0, 0.05) is 26.0 Å². The molecule has 0 spiro atoms. The van der Waals surface area contributed by atoms with Gasteiger partial charge in [0.2, 0.25) is 0 Å². The maximum atomic E-state index is 3.94. The van der Waals surface area contributed by atoms with E-state index in [1.165, 1.54) is 0 Å². The molecule has 0 fully saturated rings. The highest BCUT2D eigenvalue weighted by molar-refractivity contribution is 7.17. The van der Waals surface area contributed by atoms with Gasteiger partial charge < -0.3 is 16.0 Å². The van der Waals surface area contributed by atoms with Gasteiger partial charge in [-0.3, -0.25) is 0 Å². The molecule has 0 aliphatic rings. The minimum absolute atomic E-state index is 1.05. The molecule has 1 aromatic heterocycles. The summed E-state index contributed by atoms with van der Waals surface area (Å²) in [5.41, 5.74) is 2.17. The minimum Gasteiger partial charge on any atom is -0.385 e. The summed E-state index contributed by atoms with van der Waals surface area (Å²) in [6.07, 6.45) is 0. The van der Waals surface area contributed by atoms with Crippen molar-refractivity contribution < 1.29 is 0 Å². The second-order valence-corrected chi connectivity index (χ2v) is 3.46. The van der Waals surface area contributed by atoms with Crippen molar-refractivity contribution in [2.45, 2.75) is 0 Å². The third-order valence-electron chi connectivity index (χ3n) is 1.71. The van der Waals surface area contributed by atoms with E-state index in [-0.39, 0.29) is 0 Å². The van der Waals surface area contributed by atoms with E-state index in [2.05, 4.69) is 22.9 Å². The molecule has 0 aromatic carbocycles. The molecule has 67 valence electrons. The molecule has 0 atom stereocenters. The number of thiophene rings is 1. The van der Waals surface area contributed by atoms with Crippen LogP contribution in [0.25, 0.3) is 0 Å². The maximum absolute atomic E-state index is 3.94. The average molecular weight is 184 g/mol. The molecule has 1 radical (unpaired) electrons. The molecule has 4 heteroatoms. The normalized spacial score (nSPS) is 9.67. The van der Waals surface area contributed by atoms with Gasteiger partial charge in [-0.05, 0) is 6.92 Å². The van der Waals surface area contributed by atoms with Crippen LogP contribution in [0.3, 0.4) is 0 Å². The molecular formula is C8H14N3S. The van der Waals surface area contributed by atoms with Crippen LogP contribution in [-0.4, -0.2) is 21.1 Å². The largest absolute Gasteiger partial charge is 0.385 e. The van der Waals surface area contributed by atoms with E-state index in [1.54, 1.807) is 11.3 Å². The highest BCUT2D eigenvalue weighted by Crippen LogP contribution is 2.40. The Bertz CT molecular complexity index is 268. The average Bonchev–Trinajstić information content (AvgIpc) is 2.40. The molecule has 3 nitrogen and oxygen atoms in total. The van der Waals surface area contributed by atoms with Crippen LogP contribution in [-0.2, 0) is 0 Å². The van der Waals surface area contributed by atoms with Crippen LogP contribution < -0.4 is 16.0 Å². The van der Waals surface area contributed by atoms with E-state index in [1.807, 2.05) is 21.1 Å². The van der Waals surface area contributed by atoms with Gasteiger partial charge in [0.1, 0.15) is 5.00 Å². The lowest BCUT2D eigenvalue weighted by Gasteiger charge is -2.05.